The number of benzene rings is 2. The van der Waals surface area contributed by atoms with Crippen molar-refractivity contribution in [3.8, 4) is 11.1 Å². The van der Waals surface area contributed by atoms with Gasteiger partial charge in [0.1, 0.15) is 19.6 Å². The molecule has 3 amide bonds. The molecular weight excluding hydrogens is 354 g/mol. The monoisotopic (exact) mass is 375 g/mol. The lowest BCUT2D eigenvalue weighted by Crippen LogP contribution is -2.13. The van der Waals surface area contributed by atoms with Gasteiger partial charge in [0, 0.05) is 5.56 Å². The summed E-state index contributed by atoms with van der Waals surface area (Å²) < 4.78 is 0. The SMILES string of the molecule is CC(C)(C)c1ccccc1-c1cc(N2CC2=O)c(N2CC2=O)cc1N1CC1=O. The second-order valence-corrected chi connectivity index (χ2v) is 8.59. The van der Waals surface area contributed by atoms with Gasteiger partial charge in [0.25, 0.3) is 0 Å². The third-order valence-electron chi connectivity index (χ3n) is 5.46. The van der Waals surface area contributed by atoms with E-state index in [-0.39, 0.29) is 23.1 Å². The molecule has 3 fully saturated rings. The summed E-state index contributed by atoms with van der Waals surface area (Å²) >= 11 is 0. The van der Waals surface area contributed by atoms with Crippen molar-refractivity contribution in [3.05, 3.63) is 42.0 Å². The highest BCUT2D eigenvalue weighted by Gasteiger charge is 2.42. The van der Waals surface area contributed by atoms with E-state index in [1.165, 1.54) is 5.56 Å². The fraction of sp³-hybridized carbons (Fsp3) is 0.318. The summed E-state index contributed by atoms with van der Waals surface area (Å²) in [7, 11) is 0. The number of rotatable bonds is 4. The van der Waals surface area contributed by atoms with Gasteiger partial charge in [-0.1, -0.05) is 45.0 Å². The van der Waals surface area contributed by atoms with Crippen LogP contribution in [0.3, 0.4) is 0 Å². The number of anilines is 3. The Labute approximate surface area is 163 Å². The summed E-state index contributed by atoms with van der Waals surface area (Å²) in [6, 6.07) is 12.0. The number of nitrogens with zero attached hydrogens (tertiary/aromatic N) is 3. The summed E-state index contributed by atoms with van der Waals surface area (Å²) in [6.45, 7) is 7.56. The number of amides is 3. The summed E-state index contributed by atoms with van der Waals surface area (Å²) in [5.74, 6) is 0.135. The maximum atomic E-state index is 12.0. The van der Waals surface area contributed by atoms with Gasteiger partial charge in [-0.05, 0) is 28.7 Å². The maximum Gasteiger partial charge on any atom is 0.247 e. The molecule has 0 spiro atoms. The third-order valence-corrected chi connectivity index (χ3v) is 5.46. The predicted molar refractivity (Wildman–Crippen MR) is 108 cm³/mol. The molecule has 28 heavy (non-hydrogen) atoms. The van der Waals surface area contributed by atoms with Gasteiger partial charge in [-0.25, -0.2) is 0 Å². The van der Waals surface area contributed by atoms with E-state index in [4.69, 9.17) is 0 Å². The molecule has 3 aliphatic heterocycles. The third kappa shape index (κ3) is 2.68. The van der Waals surface area contributed by atoms with Gasteiger partial charge in [-0.3, -0.25) is 24.2 Å². The smallest absolute Gasteiger partial charge is 0.247 e. The lowest BCUT2D eigenvalue weighted by atomic mass is 9.81. The minimum atomic E-state index is -0.0821. The zero-order chi connectivity index (χ0) is 19.8. The normalized spacial score (nSPS) is 18.1. The molecule has 0 N–H and O–H groups in total. The molecule has 0 aromatic heterocycles. The van der Waals surface area contributed by atoms with E-state index < -0.39 is 0 Å². The van der Waals surface area contributed by atoms with Crippen LogP contribution in [0.25, 0.3) is 11.1 Å². The van der Waals surface area contributed by atoms with Gasteiger partial charge in [0.2, 0.25) is 17.7 Å². The molecule has 142 valence electrons. The Morgan fingerprint density at radius 3 is 1.64 bits per heavy atom. The standard InChI is InChI=1S/C22H21N3O3/c1-22(2,3)15-7-5-4-6-13(15)14-8-17(24-11-20(24)27)18(25-12-21(25)28)9-16(14)23-10-19(23)26/h4-9H,10-12H2,1-3H3. The van der Waals surface area contributed by atoms with E-state index in [0.29, 0.717) is 25.3 Å². The van der Waals surface area contributed by atoms with Crippen molar-refractivity contribution in [1.82, 2.24) is 0 Å². The molecule has 3 heterocycles. The number of carbonyl (C=O) groups is 3. The summed E-state index contributed by atoms with van der Waals surface area (Å²) in [5, 5.41) is 0. The zero-order valence-corrected chi connectivity index (χ0v) is 16.2. The fourth-order valence-corrected chi connectivity index (χ4v) is 3.77. The first kappa shape index (κ1) is 17.0. The van der Waals surface area contributed by atoms with Crippen molar-refractivity contribution in [2.45, 2.75) is 26.2 Å². The molecular formula is C22H21N3O3. The van der Waals surface area contributed by atoms with E-state index in [9.17, 15) is 14.4 Å². The Morgan fingerprint density at radius 1 is 0.679 bits per heavy atom. The second kappa shape index (κ2) is 5.44. The predicted octanol–water partition coefficient (Wildman–Crippen LogP) is 2.69. The van der Waals surface area contributed by atoms with Gasteiger partial charge in [-0.15, -0.1) is 0 Å². The molecule has 0 unspecified atom stereocenters. The molecule has 2 aromatic carbocycles. The van der Waals surface area contributed by atoms with Crippen LogP contribution in [-0.4, -0.2) is 37.4 Å². The quantitative estimate of drug-likeness (QED) is 0.772. The van der Waals surface area contributed by atoms with Crippen LogP contribution in [0.2, 0.25) is 0 Å². The minimum absolute atomic E-state index is 0.0291. The van der Waals surface area contributed by atoms with Crippen LogP contribution < -0.4 is 14.7 Å². The molecule has 0 radical (unpaired) electrons. The first-order valence-electron chi connectivity index (χ1n) is 9.45. The Morgan fingerprint density at radius 2 is 1.14 bits per heavy atom. The summed E-state index contributed by atoms with van der Waals surface area (Å²) in [4.78, 5) is 40.7. The largest absolute Gasteiger partial charge is 0.301 e. The molecule has 3 saturated heterocycles. The van der Waals surface area contributed by atoms with E-state index in [0.717, 1.165) is 22.5 Å². The van der Waals surface area contributed by atoms with Crippen molar-refractivity contribution >= 4 is 34.8 Å². The van der Waals surface area contributed by atoms with Crippen molar-refractivity contribution < 1.29 is 14.4 Å². The lowest BCUT2D eigenvalue weighted by Gasteiger charge is -2.25. The van der Waals surface area contributed by atoms with Crippen LogP contribution in [0.5, 0.6) is 0 Å². The molecule has 2 aromatic rings. The van der Waals surface area contributed by atoms with Crippen LogP contribution >= 0.6 is 0 Å². The molecule has 6 nitrogen and oxygen atoms in total. The Kier molecular flexibility index (Phi) is 3.30. The molecule has 3 aliphatic rings. The van der Waals surface area contributed by atoms with E-state index in [1.807, 2.05) is 24.3 Å². The minimum Gasteiger partial charge on any atom is -0.301 e. The first-order chi connectivity index (χ1) is 13.3. The Hall–Kier alpha value is -3.15. The molecule has 0 aliphatic carbocycles. The van der Waals surface area contributed by atoms with E-state index >= 15 is 0 Å². The highest BCUT2D eigenvalue weighted by molar-refractivity contribution is 6.21. The van der Waals surface area contributed by atoms with Crippen LogP contribution in [0.15, 0.2) is 36.4 Å². The molecule has 0 atom stereocenters. The number of hydrogen-bond donors (Lipinski definition) is 0. The molecule has 0 saturated carbocycles. The van der Waals surface area contributed by atoms with E-state index in [1.54, 1.807) is 14.7 Å². The van der Waals surface area contributed by atoms with Crippen molar-refractivity contribution in [3.63, 3.8) is 0 Å². The van der Waals surface area contributed by atoms with Gasteiger partial charge in [-0.2, -0.15) is 0 Å². The van der Waals surface area contributed by atoms with Crippen molar-refractivity contribution in [2.24, 2.45) is 0 Å². The van der Waals surface area contributed by atoms with Gasteiger partial charge in [0.15, 0.2) is 0 Å². The Balaban J connectivity index is 1.75. The highest BCUT2D eigenvalue weighted by atomic mass is 16.2. The summed E-state index contributed by atoms with van der Waals surface area (Å²) in [5.41, 5.74) is 5.31. The van der Waals surface area contributed by atoms with Gasteiger partial charge >= 0.3 is 0 Å². The highest BCUT2D eigenvalue weighted by Crippen LogP contribution is 2.48. The van der Waals surface area contributed by atoms with Crippen LogP contribution in [-0.2, 0) is 19.8 Å². The van der Waals surface area contributed by atoms with Crippen LogP contribution in [0.1, 0.15) is 26.3 Å². The summed E-state index contributed by atoms with van der Waals surface area (Å²) in [6.07, 6.45) is 0. The maximum absolute atomic E-state index is 12.0. The van der Waals surface area contributed by atoms with Crippen molar-refractivity contribution in [2.75, 3.05) is 34.3 Å². The van der Waals surface area contributed by atoms with E-state index in [2.05, 4.69) is 32.9 Å². The molecule has 6 heteroatoms. The molecule has 5 rings (SSSR count). The number of carbonyl (C=O) groups excluding carboxylic acids is 3. The van der Waals surface area contributed by atoms with Crippen LogP contribution in [0, 0.1) is 0 Å². The Bertz CT molecular complexity index is 1070. The fourth-order valence-electron chi connectivity index (χ4n) is 3.77. The first-order valence-corrected chi connectivity index (χ1v) is 9.45. The van der Waals surface area contributed by atoms with Gasteiger partial charge in [0.05, 0.1) is 17.1 Å². The molecule has 0 bridgehead atoms. The topological polar surface area (TPSA) is 60.2 Å². The zero-order valence-electron chi connectivity index (χ0n) is 16.2. The second-order valence-electron chi connectivity index (χ2n) is 8.59. The van der Waals surface area contributed by atoms with Gasteiger partial charge < -0.3 is 4.90 Å². The number of hydrogen-bond acceptors (Lipinski definition) is 3. The average Bonchev–Trinajstić information content (AvgIpc) is 3.56. The van der Waals surface area contributed by atoms with Crippen LogP contribution in [0.4, 0.5) is 17.1 Å². The average molecular weight is 375 g/mol. The van der Waals surface area contributed by atoms with Crippen molar-refractivity contribution in [1.29, 1.82) is 0 Å². The lowest BCUT2D eigenvalue weighted by molar-refractivity contribution is -0.110.